The molecule has 0 heterocycles. The Morgan fingerprint density at radius 3 is 1.94 bits per heavy atom. The quantitative estimate of drug-likeness (QED) is 0.607. The summed E-state index contributed by atoms with van der Waals surface area (Å²) in [5.41, 5.74) is -0.999. The summed E-state index contributed by atoms with van der Waals surface area (Å²) in [5, 5.41) is 30.1. The van der Waals surface area contributed by atoms with Crippen molar-refractivity contribution >= 4 is 11.4 Å². The first-order valence-electron chi connectivity index (χ1n) is 4.11. The topological polar surface area (TPSA) is 116 Å². The largest absolute Gasteiger partial charge is 0.485 e. The zero-order valence-corrected chi connectivity index (χ0v) is 8.24. The second-order valence-corrected chi connectivity index (χ2v) is 2.84. The van der Waals surface area contributed by atoms with E-state index < -0.39 is 33.6 Å². The highest BCUT2D eigenvalue weighted by Gasteiger charge is 2.27. The summed E-state index contributed by atoms with van der Waals surface area (Å²) in [4.78, 5) is 19.7. The molecule has 16 heavy (non-hydrogen) atoms. The van der Waals surface area contributed by atoms with Crippen molar-refractivity contribution in [2.45, 2.75) is 6.61 Å². The third kappa shape index (κ3) is 2.06. The minimum Gasteiger partial charge on any atom is -0.485 e. The van der Waals surface area contributed by atoms with Crippen LogP contribution in [0.25, 0.3) is 0 Å². The average molecular weight is 228 g/mol. The van der Waals surface area contributed by atoms with Gasteiger partial charge in [-0.15, -0.1) is 0 Å². The van der Waals surface area contributed by atoms with E-state index in [0.717, 1.165) is 19.2 Å². The highest BCUT2D eigenvalue weighted by Crippen LogP contribution is 2.37. The normalized spacial score (nSPS) is 9.88. The van der Waals surface area contributed by atoms with Gasteiger partial charge in [0.25, 0.3) is 5.75 Å². The van der Waals surface area contributed by atoms with E-state index in [2.05, 4.69) is 4.74 Å². The zero-order chi connectivity index (χ0) is 12.3. The van der Waals surface area contributed by atoms with Crippen molar-refractivity contribution in [2.75, 3.05) is 7.11 Å². The number of nitrogens with zero attached hydrogens (tertiary/aromatic N) is 2. The van der Waals surface area contributed by atoms with Crippen molar-refractivity contribution in [3.8, 4) is 5.75 Å². The summed E-state index contributed by atoms with van der Waals surface area (Å²) < 4.78 is 4.63. The van der Waals surface area contributed by atoms with Crippen LogP contribution in [0.3, 0.4) is 0 Å². The second-order valence-electron chi connectivity index (χ2n) is 2.84. The third-order valence-electron chi connectivity index (χ3n) is 1.89. The van der Waals surface area contributed by atoms with Gasteiger partial charge in [-0.3, -0.25) is 20.2 Å². The SMILES string of the molecule is COc1c([N+](=O)[O-])cc(CO)cc1[N+](=O)[O-]. The van der Waals surface area contributed by atoms with Crippen LogP contribution in [-0.4, -0.2) is 22.1 Å². The first kappa shape index (κ1) is 11.9. The van der Waals surface area contributed by atoms with E-state index in [1.165, 1.54) is 0 Å². The van der Waals surface area contributed by atoms with E-state index in [1.54, 1.807) is 0 Å². The van der Waals surface area contributed by atoms with Crippen molar-refractivity contribution in [1.29, 1.82) is 0 Å². The molecule has 1 N–H and O–H groups in total. The molecule has 1 aromatic rings. The van der Waals surface area contributed by atoms with E-state index in [-0.39, 0.29) is 5.56 Å². The predicted molar refractivity (Wildman–Crippen MR) is 52.2 cm³/mol. The van der Waals surface area contributed by atoms with Gasteiger partial charge in [-0.1, -0.05) is 0 Å². The van der Waals surface area contributed by atoms with Crippen LogP contribution < -0.4 is 4.74 Å². The Bertz CT molecular complexity index is 409. The van der Waals surface area contributed by atoms with Gasteiger partial charge in [0.2, 0.25) is 0 Å². The van der Waals surface area contributed by atoms with Crippen LogP contribution >= 0.6 is 0 Å². The van der Waals surface area contributed by atoms with Crippen LogP contribution in [0.1, 0.15) is 5.56 Å². The number of methoxy groups -OCH3 is 1. The maximum atomic E-state index is 10.6. The third-order valence-corrected chi connectivity index (χ3v) is 1.89. The predicted octanol–water partition coefficient (Wildman–Crippen LogP) is 1.00. The van der Waals surface area contributed by atoms with Gasteiger partial charge >= 0.3 is 11.4 Å². The molecule has 0 saturated heterocycles. The lowest BCUT2D eigenvalue weighted by Crippen LogP contribution is -2.00. The van der Waals surface area contributed by atoms with Gasteiger partial charge in [-0.05, 0) is 5.56 Å². The van der Waals surface area contributed by atoms with Gasteiger partial charge in [0.05, 0.1) is 23.6 Å². The van der Waals surface area contributed by atoms with Crippen molar-refractivity contribution < 1.29 is 19.7 Å². The van der Waals surface area contributed by atoms with Crippen molar-refractivity contribution in [1.82, 2.24) is 0 Å². The maximum Gasteiger partial charge on any atom is 0.318 e. The Kier molecular flexibility index (Phi) is 3.36. The molecule has 0 atom stereocenters. The number of aliphatic hydroxyl groups is 1. The zero-order valence-electron chi connectivity index (χ0n) is 8.24. The van der Waals surface area contributed by atoms with Crippen LogP contribution in [0.2, 0.25) is 0 Å². The first-order chi connectivity index (χ1) is 7.51. The number of nitro groups is 2. The standard InChI is InChI=1S/C8H8N2O6/c1-16-8-6(9(12)13)2-5(4-11)3-7(8)10(14)15/h2-3,11H,4H2,1H3. The molecule has 0 spiro atoms. The summed E-state index contributed by atoms with van der Waals surface area (Å²) in [6, 6.07) is 2.07. The van der Waals surface area contributed by atoms with Crippen molar-refractivity contribution in [2.24, 2.45) is 0 Å². The Morgan fingerprint density at radius 2 is 1.69 bits per heavy atom. The fourth-order valence-electron chi connectivity index (χ4n) is 1.23. The molecule has 8 heteroatoms. The number of rotatable bonds is 4. The molecule has 0 bridgehead atoms. The number of aliphatic hydroxyl groups excluding tert-OH is 1. The van der Waals surface area contributed by atoms with Gasteiger partial charge in [0.1, 0.15) is 0 Å². The number of benzene rings is 1. The molecule has 0 radical (unpaired) electrons. The molecule has 1 aromatic carbocycles. The highest BCUT2D eigenvalue weighted by molar-refractivity contribution is 5.61. The molecule has 0 aliphatic heterocycles. The monoisotopic (exact) mass is 228 g/mol. The van der Waals surface area contributed by atoms with E-state index >= 15 is 0 Å². The highest BCUT2D eigenvalue weighted by atomic mass is 16.6. The fraction of sp³-hybridized carbons (Fsp3) is 0.250. The van der Waals surface area contributed by atoms with Crippen molar-refractivity contribution in [3.05, 3.63) is 37.9 Å². The lowest BCUT2D eigenvalue weighted by atomic mass is 10.1. The number of hydrogen-bond donors (Lipinski definition) is 1. The average Bonchev–Trinajstić information content (AvgIpc) is 2.26. The van der Waals surface area contributed by atoms with Crippen LogP contribution in [0.4, 0.5) is 11.4 Å². The van der Waals surface area contributed by atoms with Gasteiger partial charge < -0.3 is 9.84 Å². The maximum absolute atomic E-state index is 10.6. The minimum atomic E-state index is -0.801. The summed E-state index contributed by atoms with van der Waals surface area (Å²) >= 11 is 0. The van der Waals surface area contributed by atoms with E-state index in [1.807, 2.05) is 0 Å². The van der Waals surface area contributed by atoms with Crippen molar-refractivity contribution in [3.63, 3.8) is 0 Å². The summed E-state index contributed by atoms with van der Waals surface area (Å²) in [5.74, 6) is -0.424. The van der Waals surface area contributed by atoms with Crippen LogP contribution in [-0.2, 0) is 6.61 Å². The van der Waals surface area contributed by atoms with E-state index in [0.29, 0.717) is 0 Å². The Hall–Kier alpha value is -2.22. The minimum absolute atomic E-state index is 0.0826. The van der Waals surface area contributed by atoms with Crippen LogP contribution in [0.5, 0.6) is 5.75 Å². The molecule has 0 aliphatic carbocycles. The molecule has 1 rings (SSSR count). The molecule has 0 fully saturated rings. The lowest BCUT2D eigenvalue weighted by molar-refractivity contribution is -0.396. The molecule has 86 valence electrons. The molecular weight excluding hydrogens is 220 g/mol. The number of hydrogen-bond acceptors (Lipinski definition) is 6. The van der Waals surface area contributed by atoms with E-state index in [4.69, 9.17) is 5.11 Å². The molecule has 0 amide bonds. The number of ether oxygens (including phenoxy) is 1. The Balaban J connectivity index is 3.52. The first-order valence-corrected chi connectivity index (χ1v) is 4.11. The molecule has 0 unspecified atom stereocenters. The summed E-state index contributed by atoms with van der Waals surface area (Å²) in [6.07, 6.45) is 0. The number of nitro benzene ring substituents is 2. The van der Waals surface area contributed by atoms with Gasteiger partial charge in [0.15, 0.2) is 0 Å². The Labute approximate surface area is 89.4 Å². The molecule has 0 saturated carbocycles. The summed E-state index contributed by atoms with van der Waals surface area (Å²) in [7, 11) is 1.11. The molecule has 0 aliphatic rings. The Morgan fingerprint density at radius 1 is 1.25 bits per heavy atom. The molecular formula is C8H8N2O6. The van der Waals surface area contributed by atoms with Gasteiger partial charge in [-0.25, -0.2) is 0 Å². The smallest absolute Gasteiger partial charge is 0.318 e. The van der Waals surface area contributed by atoms with Gasteiger partial charge in [-0.2, -0.15) is 0 Å². The molecule has 0 aromatic heterocycles. The van der Waals surface area contributed by atoms with Gasteiger partial charge in [0, 0.05) is 12.1 Å². The molecule has 8 nitrogen and oxygen atoms in total. The fourth-order valence-corrected chi connectivity index (χ4v) is 1.23. The lowest BCUT2D eigenvalue weighted by Gasteiger charge is -2.04. The summed E-state index contributed by atoms with van der Waals surface area (Å²) in [6.45, 7) is -0.522. The van der Waals surface area contributed by atoms with E-state index in [9.17, 15) is 20.2 Å². The van der Waals surface area contributed by atoms with Crippen LogP contribution in [0, 0.1) is 20.2 Å². The van der Waals surface area contributed by atoms with Crippen LogP contribution in [0.15, 0.2) is 12.1 Å². The second kappa shape index (κ2) is 4.53.